The standard InChI is InChI=1S/C28H38ClN5O3/c1-5-6-12-30-27(37)31-24-11-10-22(18-23(24)29)26(36)34-15-13-33(14-16-34)19-20-8-7-9-21(17-20)25(35)32-28(2,3)4/h7-11,17-18H,5-6,12-16,19H2,1-4H3,(H,32,35)(H2,30,31,37). The molecule has 37 heavy (non-hydrogen) atoms. The molecule has 0 saturated carbocycles. The maximum atomic E-state index is 13.1. The Bertz CT molecular complexity index is 1110. The van der Waals surface area contributed by atoms with Crippen LogP contribution < -0.4 is 16.0 Å². The molecule has 1 heterocycles. The summed E-state index contributed by atoms with van der Waals surface area (Å²) in [6, 6.07) is 12.3. The summed E-state index contributed by atoms with van der Waals surface area (Å²) in [5, 5.41) is 8.83. The van der Waals surface area contributed by atoms with Crippen molar-refractivity contribution in [2.24, 2.45) is 0 Å². The zero-order chi connectivity index (χ0) is 27.0. The number of hydrogen-bond acceptors (Lipinski definition) is 4. The molecule has 3 N–H and O–H groups in total. The fraction of sp³-hybridized carbons (Fsp3) is 0.464. The van der Waals surface area contributed by atoms with E-state index in [0.29, 0.717) is 48.0 Å². The lowest BCUT2D eigenvalue weighted by Gasteiger charge is -2.35. The van der Waals surface area contributed by atoms with E-state index in [1.807, 2.05) is 49.9 Å². The molecule has 8 nitrogen and oxygen atoms in total. The first kappa shape index (κ1) is 28.5. The number of anilines is 1. The Labute approximate surface area is 224 Å². The van der Waals surface area contributed by atoms with Crippen molar-refractivity contribution in [2.45, 2.75) is 52.6 Å². The van der Waals surface area contributed by atoms with Crippen LogP contribution in [0.25, 0.3) is 0 Å². The molecule has 1 saturated heterocycles. The molecule has 200 valence electrons. The van der Waals surface area contributed by atoms with Crippen LogP contribution in [0.1, 0.15) is 66.8 Å². The van der Waals surface area contributed by atoms with Gasteiger partial charge in [-0.3, -0.25) is 14.5 Å². The van der Waals surface area contributed by atoms with E-state index in [4.69, 9.17) is 11.6 Å². The van der Waals surface area contributed by atoms with E-state index in [1.165, 1.54) is 0 Å². The van der Waals surface area contributed by atoms with Crippen molar-refractivity contribution in [1.29, 1.82) is 0 Å². The summed E-state index contributed by atoms with van der Waals surface area (Å²) in [5.41, 5.74) is 2.38. The van der Waals surface area contributed by atoms with Gasteiger partial charge in [0.05, 0.1) is 10.7 Å². The Morgan fingerprint density at radius 1 is 0.973 bits per heavy atom. The Balaban J connectivity index is 1.52. The van der Waals surface area contributed by atoms with Gasteiger partial charge in [0.1, 0.15) is 0 Å². The van der Waals surface area contributed by atoms with E-state index < -0.39 is 0 Å². The molecule has 0 aromatic heterocycles. The van der Waals surface area contributed by atoms with E-state index >= 15 is 0 Å². The maximum absolute atomic E-state index is 13.1. The largest absolute Gasteiger partial charge is 0.347 e. The van der Waals surface area contributed by atoms with Gasteiger partial charge in [-0.25, -0.2) is 4.79 Å². The summed E-state index contributed by atoms with van der Waals surface area (Å²) >= 11 is 6.35. The first-order chi connectivity index (χ1) is 17.6. The molecule has 4 amide bonds. The molecule has 0 atom stereocenters. The van der Waals surface area contributed by atoms with Crippen molar-refractivity contribution in [3.63, 3.8) is 0 Å². The number of nitrogens with zero attached hydrogens (tertiary/aromatic N) is 2. The van der Waals surface area contributed by atoms with Crippen LogP contribution in [-0.2, 0) is 6.54 Å². The minimum absolute atomic E-state index is 0.0817. The number of amides is 4. The van der Waals surface area contributed by atoms with Crippen LogP contribution in [0.5, 0.6) is 0 Å². The van der Waals surface area contributed by atoms with Gasteiger partial charge < -0.3 is 20.9 Å². The number of hydrogen-bond donors (Lipinski definition) is 3. The second-order valence-electron chi connectivity index (χ2n) is 10.4. The first-order valence-corrected chi connectivity index (χ1v) is 13.2. The molecule has 0 bridgehead atoms. The van der Waals surface area contributed by atoms with Gasteiger partial charge in [-0.15, -0.1) is 0 Å². The van der Waals surface area contributed by atoms with E-state index in [2.05, 4.69) is 27.8 Å². The van der Waals surface area contributed by atoms with Crippen molar-refractivity contribution in [3.8, 4) is 0 Å². The molecule has 2 aromatic carbocycles. The number of unbranched alkanes of at least 4 members (excludes halogenated alkanes) is 1. The first-order valence-electron chi connectivity index (χ1n) is 12.8. The highest BCUT2D eigenvalue weighted by Gasteiger charge is 2.23. The van der Waals surface area contributed by atoms with Crippen molar-refractivity contribution in [2.75, 3.05) is 38.0 Å². The van der Waals surface area contributed by atoms with Crippen LogP contribution in [0.4, 0.5) is 10.5 Å². The van der Waals surface area contributed by atoms with Crippen LogP contribution in [0.15, 0.2) is 42.5 Å². The third kappa shape index (κ3) is 8.76. The van der Waals surface area contributed by atoms with Gasteiger partial charge in [-0.1, -0.05) is 37.1 Å². The average Bonchev–Trinajstić information content (AvgIpc) is 2.84. The van der Waals surface area contributed by atoms with Gasteiger partial charge in [0.25, 0.3) is 11.8 Å². The van der Waals surface area contributed by atoms with E-state index in [-0.39, 0.29) is 23.4 Å². The molecule has 0 spiro atoms. The number of urea groups is 1. The number of carbonyl (C=O) groups is 3. The Morgan fingerprint density at radius 2 is 1.70 bits per heavy atom. The fourth-order valence-corrected chi connectivity index (χ4v) is 4.30. The van der Waals surface area contributed by atoms with Crippen molar-refractivity contribution in [1.82, 2.24) is 20.4 Å². The summed E-state index contributed by atoms with van der Waals surface area (Å²) in [4.78, 5) is 41.7. The summed E-state index contributed by atoms with van der Waals surface area (Å²) < 4.78 is 0. The minimum Gasteiger partial charge on any atom is -0.347 e. The highest BCUT2D eigenvalue weighted by Crippen LogP contribution is 2.24. The zero-order valence-electron chi connectivity index (χ0n) is 22.2. The Hall–Kier alpha value is -3.10. The van der Waals surface area contributed by atoms with Crippen LogP contribution in [0.2, 0.25) is 5.02 Å². The molecule has 3 rings (SSSR count). The maximum Gasteiger partial charge on any atom is 0.319 e. The van der Waals surface area contributed by atoms with E-state index in [9.17, 15) is 14.4 Å². The smallest absolute Gasteiger partial charge is 0.319 e. The van der Waals surface area contributed by atoms with Gasteiger partial charge in [-0.05, 0) is 63.1 Å². The van der Waals surface area contributed by atoms with Crippen molar-refractivity contribution in [3.05, 3.63) is 64.2 Å². The van der Waals surface area contributed by atoms with Crippen LogP contribution >= 0.6 is 11.6 Å². The van der Waals surface area contributed by atoms with Crippen molar-refractivity contribution < 1.29 is 14.4 Å². The SMILES string of the molecule is CCCCNC(=O)Nc1ccc(C(=O)N2CCN(Cc3cccc(C(=O)NC(C)(C)C)c3)CC2)cc1Cl. The minimum atomic E-state index is -0.314. The second kappa shape index (κ2) is 12.9. The third-order valence-electron chi connectivity index (χ3n) is 6.02. The monoisotopic (exact) mass is 527 g/mol. The lowest BCUT2D eigenvalue weighted by Crippen LogP contribution is -2.48. The molecule has 1 fully saturated rings. The molecular weight excluding hydrogens is 490 g/mol. The summed E-state index contributed by atoms with van der Waals surface area (Å²) in [6.07, 6.45) is 1.90. The highest BCUT2D eigenvalue weighted by molar-refractivity contribution is 6.34. The quantitative estimate of drug-likeness (QED) is 0.432. The lowest BCUT2D eigenvalue weighted by molar-refractivity contribution is 0.0628. The molecule has 0 radical (unpaired) electrons. The number of rotatable bonds is 8. The molecular formula is C28H38ClN5O3. The number of benzene rings is 2. The lowest BCUT2D eigenvalue weighted by atomic mass is 10.1. The number of carbonyl (C=O) groups excluding carboxylic acids is 3. The molecule has 0 unspecified atom stereocenters. The van der Waals surface area contributed by atoms with Crippen LogP contribution in [-0.4, -0.2) is 65.9 Å². The van der Waals surface area contributed by atoms with E-state index in [0.717, 1.165) is 31.5 Å². The predicted molar refractivity (Wildman–Crippen MR) is 148 cm³/mol. The van der Waals surface area contributed by atoms with E-state index in [1.54, 1.807) is 18.2 Å². The van der Waals surface area contributed by atoms with Gasteiger partial charge in [0.15, 0.2) is 0 Å². The molecule has 9 heteroatoms. The van der Waals surface area contributed by atoms with Crippen LogP contribution in [0.3, 0.4) is 0 Å². The zero-order valence-corrected chi connectivity index (χ0v) is 23.0. The third-order valence-corrected chi connectivity index (χ3v) is 6.34. The van der Waals surface area contributed by atoms with Gasteiger partial charge in [0, 0.05) is 55.9 Å². The number of nitrogens with one attached hydrogen (secondary N) is 3. The molecule has 0 aliphatic carbocycles. The van der Waals surface area contributed by atoms with Gasteiger partial charge in [-0.2, -0.15) is 0 Å². The number of piperazine rings is 1. The second-order valence-corrected chi connectivity index (χ2v) is 10.8. The average molecular weight is 528 g/mol. The molecule has 2 aromatic rings. The highest BCUT2D eigenvalue weighted by atomic mass is 35.5. The summed E-state index contributed by atoms with van der Waals surface area (Å²) in [7, 11) is 0. The fourth-order valence-electron chi connectivity index (χ4n) is 4.07. The summed E-state index contributed by atoms with van der Waals surface area (Å²) in [5.74, 6) is -0.164. The Morgan fingerprint density at radius 3 is 2.35 bits per heavy atom. The predicted octanol–water partition coefficient (Wildman–Crippen LogP) is 4.75. The van der Waals surface area contributed by atoms with Crippen LogP contribution in [0, 0.1) is 0 Å². The molecule has 1 aliphatic rings. The van der Waals surface area contributed by atoms with Gasteiger partial charge in [0.2, 0.25) is 0 Å². The van der Waals surface area contributed by atoms with Gasteiger partial charge >= 0.3 is 6.03 Å². The normalized spacial score (nSPS) is 14.2. The molecule has 1 aliphatic heterocycles. The summed E-state index contributed by atoms with van der Waals surface area (Å²) in [6.45, 7) is 11.9. The van der Waals surface area contributed by atoms with Crippen molar-refractivity contribution >= 4 is 35.1 Å². The topological polar surface area (TPSA) is 93.8 Å². The Kier molecular flexibility index (Phi) is 9.94. The number of halogens is 1.